The van der Waals surface area contributed by atoms with E-state index in [4.69, 9.17) is 0 Å². The molecule has 2 rings (SSSR count). The van der Waals surface area contributed by atoms with Crippen LogP contribution in [0.3, 0.4) is 0 Å². The van der Waals surface area contributed by atoms with E-state index >= 15 is 0 Å². The van der Waals surface area contributed by atoms with Gasteiger partial charge in [-0.2, -0.15) is 0 Å². The molecule has 1 aromatic rings. The molecule has 0 spiro atoms. The molecule has 1 fully saturated rings. The molecule has 0 amide bonds. The Morgan fingerprint density at radius 1 is 1.31 bits per heavy atom. The lowest BCUT2D eigenvalue weighted by atomic mass is 9.72. The summed E-state index contributed by atoms with van der Waals surface area (Å²) in [6.45, 7) is 3.21. The summed E-state index contributed by atoms with van der Waals surface area (Å²) in [5.41, 5.74) is 1.18. The molecule has 1 unspecified atom stereocenters. The number of nitrogens with one attached hydrogen (secondary N) is 1. The van der Waals surface area contributed by atoms with Crippen molar-refractivity contribution in [1.29, 1.82) is 0 Å². The van der Waals surface area contributed by atoms with Gasteiger partial charge in [0.25, 0.3) is 0 Å². The lowest BCUT2D eigenvalue weighted by Gasteiger charge is -2.42. The van der Waals surface area contributed by atoms with E-state index in [0.717, 1.165) is 6.54 Å². The molecule has 2 N–H and O–H groups in total. The molecule has 2 nitrogen and oxygen atoms in total. The van der Waals surface area contributed by atoms with Crippen LogP contribution in [0.5, 0.6) is 0 Å². The second-order valence-corrected chi connectivity index (χ2v) is 5.04. The maximum Gasteiger partial charge on any atom is 0.0613 e. The standard InChI is InChI=1S/C14H21NO/c1-14(11-16,13-8-5-9-13)15-10-12-6-3-2-4-7-12/h2-4,6-7,13,15-16H,5,8-11H2,1H3. The Morgan fingerprint density at radius 2 is 2.00 bits per heavy atom. The molecule has 0 aliphatic heterocycles. The second-order valence-electron chi connectivity index (χ2n) is 5.04. The Bertz CT molecular complexity index is 321. The summed E-state index contributed by atoms with van der Waals surface area (Å²) in [4.78, 5) is 0. The van der Waals surface area contributed by atoms with Gasteiger partial charge in [0.2, 0.25) is 0 Å². The predicted octanol–water partition coefficient (Wildman–Crippen LogP) is 2.33. The average Bonchev–Trinajstić information content (AvgIpc) is 2.25. The van der Waals surface area contributed by atoms with Crippen LogP contribution in [0.25, 0.3) is 0 Å². The van der Waals surface area contributed by atoms with Crippen LogP contribution in [0, 0.1) is 5.92 Å². The van der Waals surface area contributed by atoms with Crippen molar-refractivity contribution in [3.05, 3.63) is 35.9 Å². The Balaban J connectivity index is 1.92. The molecule has 1 aliphatic rings. The molecule has 0 saturated heterocycles. The highest BCUT2D eigenvalue weighted by molar-refractivity contribution is 5.15. The van der Waals surface area contributed by atoms with Crippen LogP contribution in [-0.2, 0) is 6.54 Å². The SMILES string of the molecule is CC(CO)(NCc1ccccc1)C1CCC1. The summed E-state index contributed by atoms with van der Waals surface area (Å²) in [6, 6.07) is 10.4. The van der Waals surface area contributed by atoms with E-state index in [1.165, 1.54) is 24.8 Å². The molecule has 1 atom stereocenters. The Morgan fingerprint density at radius 3 is 2.50 bits per heavy atom. The smallest absolute Gasteiger partial charge is 0.0613 e. The molecule has 16 heavy (non-hydrogen) atoms. The van der Waals surface area contributed by atoms with Crippen molar-refractivity contribution >= 4 is 0 Å². The molecule has 1 aliphatic carbocycles. The molecule has 88 valence electrons. The first-order chi connectivity index (χ1) is 7.74. The van der Waals surface area contributed by atoms with E-state index in [0.29, 0.717) is 5.92 Å². The summed E-state index contributed by atoms with van der Waals surface area (Å²) in [7, 11) is 0. The Kier molecular flexibility index (Phi) is 3.62. The molecule has 2 heteroatoms. The fourth-order valence-corrected chi connectivity index (χ4v) is 2.27. The summed E-state index contributed by atoms with van der Waals surface area (Å²) >= 11 is 0. The molecule has 1 saturated carbocycles. The van der Waals surface area contributed by atoms with E-state index in [1.807, 2.05) is 6.07 Å². The largest absolute Gasteiger partial charge is 0.394 e. The van der Waals surface area contributed by atoms with Crippen LogP contribution < -0.4 is 5.32 Å². The van der Waals surface area contributed by atoms with Gasteiger partial charge < -0.3 is 10.4 Å². The van der Waals surface area contributed by atoms with E-state index in [1.54, 1.807) is 0 Å². The highest BCUT2D eigenvalue weighted by Crippen LogP contribution is 2.35. The first-order valence-corrected chi connectivity index (χ1v) is 6.14. The molecular formula is C14H21NO. The zero-order valence-corrected chi connectivity index (χ0v) is 9.95. The predicted molar refractivity (Wildman–Crippen MR) is 66.1 cm³/mol. The number of aliphatic hydroxyl groups is 1. The highest BCUT2D eigenvalue weighted by Gasteiger charge is 2.36. The first kappa shape index (κ1) is 11.6. The lowest BCUT2D eigenvalue weighted by molar-refractivity contribution is 0.0722. The minimum atomic E-state index is -0.103. The monoisotopic (exact) mass is 219 g/mol. The molecule has 0 radical (unpaired) electrons. The third-order valence-corrected chi connectivity index (χ3v) is 3.87. The van der Waals surface area contributed by atoms with Gasteiger partial charge in [-0.3, -0.25) is 0 Å². The average molecular weight is 219 g/mol. The zero-order chi connectivity index (χ0) is 11.4. The summed E-state index contributed by atoms with van der Waals surface area (Å²) in [5, 5.41) is 13.1. The molecular weight excluding hydrogens is 198 g/mol. The number of benzene rings is 1. The van der Waals surface area contributed by atoms with Crippen LogP contribution in [0.1, 0.15) is 31.7 Å². The fraction of sp³-hybridized carbons (Fsp3) is 0.571. The van der Waals surface area contributed by atoms with Crippen molar-refractivity contribution in [1.82, 2.24) is 5.32 Å². The second kappa shape index (κ2) is 4.98. The van der Waals surface area contributed by atoms with Crippen LogP contribution >= 0.6 is 0 Å². The summed E-state index contributed by atoms with van der Waals surface area (Å²) in [6.07, 6.45) is 3.81. The van der Waals surface area contributed by atoms with Gasteiger partial charge in [0, 0.05) is 12.1 Å². The van der Waals surface area contributed by atoms with Gasteiger partial charge >= 0.3 is 0 Å². The van der Waals surface area contributed by atoms with Crippen molar-refractivity contribution in [2.45, 2.75) is 38.3 Å². The van der Waals surface area contributed by atoms with Crippen molar-refractivity contribution in [2.24, 2.45) is 5.92 Å². The first-order valence-electron chi connectivity index (χ1n) is 6.14. The molecule has 0 heterocycles. The molecule has 0 bridgehead atoms. The van der Waals surface area contributed by atoms with Gasteiger partial charge in [0.05, 0.1) is 6.61 Å². The fourth-order valence-electron chi connectivity index (χ4n) is 2.27. The van der Waals surface area contributed by atoms with Crippen LogP contribution in [0.4, 0.5) is 0 Å². The maximum atomic E-state index is 9.54. The van der Waals surface area contributed by atoms with E-state index < -0.39 is 0 Å². The van der Waals surface area contributed by atoms with Gasteiger partial charge in [-0.15, -0.1) is 0 Å². The topological polar surface area (TPSA) is 32.3 Å². The Hall–Kier alpha value is -0.860. The van der Waals surface area contributed by atoms with Crippen molar-refractivity contribution < 1.29 is 5.11 Å². The minimum Gasteiger partial charge on any atom is -0.394 e. The van der Waals surface area contributed by atoms with Crippen LogP contribution in [0.15, 0.2) is 30.3 Å². The molecule has 0 aromatic heterocycles. The van der Waals surface area contributed by atoms with Gasteiger partial charge in [0.15, 0.2) is 0 Å². The van der Waals surface area contributed by atoms with Crippen molar-refractivity contribution in [3.63, 3.8) is 0 Å². The van der Waals surface area contributed by atoms with E-state index in [9.17, 15) is 5.11 Å². The number of aliphatic hydroxyl groups excluding tert-OH is 1. The van der Waals surface area contributed by atoms with Gasteiger partial charge in [-0.25, -0.2) is 0 Å². The zero-order valence-electron chi connectivity index (χ0n) is 9.95. The third kappa shape index (κ3) is 2.45. The van der Waals surface area contributed by atoms with E-state index in [-0.39, 0.29) is 12.1 Å². The van der Waals surface area contributed by atoms with Gasteiger partial charge in [-0.05, 0) is 31.2 Å². The maximum absolute atomic E-state index is 9.54. The quantitative estimate of drug-likeness (QED) is 0.796. The van der Waals surface area contributed by atoms with Crippen LogP contribution in [-0.4, -0.2) is 17.3 Å². The van der Waals surface area contributed by atoms with Gasteiger partial charge in [0.1, 0.15) is 0 Å². The highest BCUT2D eigenvalue weighted by atomic mass is 16.3. The summed E-state index contributed by atoms with van der Waals surface area (Å²) in [5.74, 6) is 0.640. The molecule has 1 aromatic carbocycles. The van der Waals surface area contributed by atoms with Crippen molar-refractivity contribution in [3.8, 4) is 0 Å². The lowest BCUT2D eigenvalue weighted by Crippen LogP contribution is -2.53. The number of rotatable bonds is 5. The number of hydrogen-bond donors (Lipinski definition) is 2. The Labute approximate surface area is 97.7 Å². The van der Waals surface area contributed by atoms with Crippen molar-refractivity contribution in [2.75, 3.05) is 6.61 Å². The normalized spacial score (nSPS) is 20.1. The third-order valence-electron chi connectivity index (χ3n) is 3.87. The summed E-state index contributed by atoms with van der Waals surface area (Å²) < 4.78 is 0. The van der Waals surface area contributed by atoms with Crippen LogP contribution in [0.2, 0.25) is 0 Å². The van der Waals surface area contributed by atoms with E-state index in [2.05, 4.69) is 36.5 Å². The minimum absolute atomic E-state index is 0.103. The van der Waals surface area contributed by atoms with Gasteiger partial charge in [-0.1, -0.05) is 36.8 Å². The number of hydrogen-bond acceptors (Lipinski definition) is 2.